The van der Waals surface area contributed by atoms with Gasteiger partial charge in [-0.15, -0.1) is 0 Å². The molecule has 0 amide bonds. The Labute approximate surface area is 68.4 Å². The van der Waals surface area contributed by atoms with Gasteiger partial charge in [0.15, 0.2) is 0 Å². The van der Waals surface area contributed by atoms with Gasteiger partial charge in [0.1, 0.15) is 0 Å². The van der Waals surface area contributed by atoms with Crippen molar-refractivity contribution in [1.29, 1.82) is 0 Å². The molecule has 0 aromatic heterocycles. The summed E-state index contributed by atoms with van der Waals surface area (Å²) in [4.78, 5) is 2.32. The van der Waals surface area contributed by atoms with Gasteiger partial charge in [-0.25, -0.2) is 0 Å². The molecule has 66 valence electrons. The molecule has 2 atom stereocenters. The van der Waals surface area contributed by atoms with Gasteiger partial charge >= 0.3 is 0 Å². The third-order valence-electron chi connectivity index (χ3n) is 2.29. The zero-order valence-electron chi connectivity index (χ0n) is 7.38. The first-order chi connectivity index (χ1) is 5.24. The summed E-state index contributed by atoms with van der Waals surface area (Å²) in [6, 6.07) is 0.886. The number of aliphatic hydroxyl groups is 1. The average Bonchev–Trinajstić information content (AvgIpc) is 2.03. The van der Waals surface area contributed by atoms with E-state index in [4.69, 9.17) is 5.11 Å². The third kappa shape index (κ3) is 2.43. The number of nitrogens with zero attached hydrogens (tertiary/aromatic N) is 1. The van der Waals surface area contributed by atoms with Crippen LogP contribution in [-0.2, 0) is 0 Å². The summed E-state index contributed by atoms with van der Waals surface area (Å²) >= 11 is 0. The molecular formula is C8H18N2O. The highest BCUT2D eigenvalue weighted by Crippen LogP contribution is 2.03. The molecule has 1 unspecified atom stereocenters. The molecular weight excluding hydrogens is 140 g/mol. The molecule has 3 heteroatoms. The molecule has 2 N–H and O–H groups in total. The molecule has 11 heavy (non-hydrogen) atoms. The molecule has 0 spiro atoms. The Morgan fingerprint density at radius 2 is 2.45 bits per heavy atom. The summed E-state index contributed by atoms with van der Waals surface area (Å²) in [6.45, 7) is 7.68. The molecule has 1 aliphatic heterocycles. The quantitative estimate of drug-likeness (QED) is 0.577. The maximum absolute atomic E-state index is 8.91. The minimum absolute atomic E-state index is 0.271. The molecule has 0 bridgehead atoms. The van der Waals surface area contributed by atoms with Gasteiger partial charge < -0.3 is 10.4 Å². The van der Waals surface area contributed by atoms with Gasteiger partial charge in [-0.2, -0.15) is 0 Å². The van der Waals surface area contributed by atoms with E-state index < -0.39 is 0 Å². The van der Waals surface area contributed by atoms with E-state index >= 15 is 0 Å². The van der Waals surface area contributed by atoms with Crippen molar-refractivity contribution in [2.45, 2.75) is 25.9 Å². The third-order valence-corrected chi connectivity index (χ3v) is 2.29. The lowest BCUT2D eigenvalue weighted by atomic mass is 10.2. The van der Waals surface area contributed by atoms with Crippen molar-refractivity contribution in [3.05, 3.63) is 0 Å². The minimum Gasteiger partial charge on any atom is -0.395 e. The highest BCUT2D eigenvalue weighted by Gasteiger charge is 2.19. The first-order valence-electron chi connectivity index (χ1n) is 4.32. The maximum atomic E-state index is 8.91. The highest BCUT2D eigenvalue weighted by atomic mass is 16.3. The number of hydrogen-bond donors (Lipinski definition) is 2. The van der Waals surface area contributed by atoms with Crippen molar-refractivity contribution in [3.8, 4) is 0 Å². The smallest absolute Gasteiger partial charge is 0.0584 e. The second kappa shape index (κ2) is 4.04. The zero-order chi connectivity index (χ0) is 8.27. The second-order valence-electron chi connectivity index (χ2n) is 3.38. The fraction of sp³-hybridized carbons (Fsp3) is 1.00. The molecule has 0 aromatic carbocycles. The van der Waals surface area contributed by atoms with Crippen LogP contribution in [0.2, 0.25) is 0 Å². The van der Waals surface area contributed by atoms with Crippen molar-refractivity contribution in [3.63, 3.8) is 0 Å². The van der Waals surface area contributed by atoms with Crippen LogP contribution >= 0.6 is 0 Å². The number of hydrogen-bond acceptors (Lipinski definition) is 3. The van der Waals surface area contributed by atoms with Crippen molar-refractivity contribution in [2.24, 2.45) is 0 Å². The minimum atomic E-state index is 0.271. The fourth-order valence-electron chi connectivity index (χ4n) is 1.48. The SMILES string of the molecule is CC(CO)N1CCN[C@@H](C)C1. The van der Waals surface area contributed by atoms with Crippen LogP contribution in [-0.4, -0.2) is 48.3 Å². The Morgan fingerprint density at radius 3 is 3.00 bits per heavy atom. The molecule has 1 aliphatic rings. The van der Waals surface area contributed by atoms with Gasteiger partial charge in [-0.3, -0.25) is 4.90 Å². The highest BCUT2D eigenvalue weighted by molar-refractivity contribution is 4.78. The van der Waals surface area contributed by atoms with Gasteiger partial charge in [-0.1, -0.05) is 0 Å². The van der Waals surface area contributed by atoms with Gasteiger partial charge in [0, 0.05) is 31.7 Å². The predicted molar refractivity (Wildman–Crippen MR) is 45.6 cm³/mol. The molecule has 1 rings (SSSR count). The predicted octanol–water partition coefficient (Wildman–Crippen LogP) is -0.339. The fourth-order valence-corrected chi connectivity index (χ4v) is 1.48. The largest absolute Gasteiger partial charge is 0.395 e. The van der Waals surface area contributed by atoms with Gasteiger partial charge in [0.05, 0.1) is 6.61 Å². The molecule has 1 saturated heterocycles. The van der Waals surface area contributed by atoms with Gasteiger partial charge in [-0.05, 0) is 13.8 Å². The van der Waals surface area contributed by atoms with E-state index in [0.717, 1.165) is 19.6 Å². The lowest BCUT2D eigenvalue weighted by Gasteiger charge is -2.35. The van der Waals surface area contributed by atoms with E-state index in [1.807, 2.05) is 0 Å². The van der Waals surface area contributed by atoms with Crippen LogP contribution in [0.3, 0.4) is 0 Å². The molecule has 1 heterocycles. The summed E-state index contributed by atoms with van der Waals surface area (Å²) in [5, 5.41) is 12.3. The first kappa shape index (κ1) is 8.97. The number of nitrogens with one attached hydrogen (secondary N) is 1. The summed E-state index contributed by atoms with van der Waals surface area (Å²) in [5.74, 6) is 0. The van der Waals surface area contributed by atoms with Crippen LogP contribution in [0.5, 0.6) is 0 Å². The molecule has 1 fully saturated rings. The standard InChI is InChI=1S/C8H18N2O/c1-7-5-10(4-3-9-7)8(2)6-11/h7-9,11H,3-6H2,1-2H3/t7-,8?/m0/s1. The van der Waals surface area contributed by atoms with E-state index in [0.29, 0.717) is 12.1 Å². The molecule has 0 saturated carbocycles. The second-order valence-corrected chi connectivity index (χ2v) is 3.38. The number of rotatable bonds is 2. The van der Waals surface area contributed by atoms with E-state index in [-0.39, 0.29) is 6.61 Å². The lowest BCUT2D eigenvalue weighted by molar-refractivity contribution is 0.107. The monoisotopic (exact) mass is 158 g/mol. The lowest BCUT2D eigenvalue weighted by Crippen LogP contribution is -2.52. The Balaban J connectivity index is 2.33. The average molecular weight is 158 g/mol. The number of piperazine rings is 1. The van der Waals surface area contributed by atoms with Crippen molar-refractivity contribution in [1.82, 2.24) is 10.2 Å². The summed E-state index contributed by atoms with van der Waals surface area (Å²) in [5.41, 5.74) is 0. The van der Waals surface area contributed by atoms with E-state index in [9.17, 15) is 0 Å². The molecule has 0 aliphatic carbocycles. The number of aliphatic hydroxyl groups excluding tert-OH is 1. The van der Waals surface area contributed by atoms with Gasteiger partial charge in [0.25, 0.3) is 0 Å². The van der Waals surface area contributed by atoms with Crippen LogP contribution in [0.15, 0.2) is 0 Å². The van der Waals surface area contributed by atoms with Gasteiger partial charge in [0.2, 0.25) is 0 Å². The maximum Gasteiger partial charge on any atom is 0.0584 e. The molecule has 0 radical (unpaired) electrons. The Kier molecular flexibility index (Phi) is 3.30. The summed E-state index contributed by atoms with van der Waals surface area (Å²) in [7, 11) is 0. The van der Waals surface area contributed by atoms with E-state index in [1.54, 1.807) is 0 Å². The van der Waals surface area contributed by atoms with Crippen molar-refractivity contribution in [2.75, 3.05) is 26.2 Å². The topological polar surface area (TPSA) is 35.5 Å². The van der Waals surface area contributed by atoms with Crippen LogP contribution in [0.1, 0.15) is 13.8 Å². The summed E-state index contributed by atoms with van der Waals surface area (Å²) < 4.78 is 0. The van der Waals surface area contributed by atoms with Crippen molar-refractivity contribution >= 4 is 0 Å². The first-order valence-corrected chi connectivity index (χ1v) is 4.32. The summed E-state index contributed by atoms with van der Waals surface area (Å²) in [6.07, 6.45) is 0. The molecule has 3 nitrogen and oxygen atoms in total. The van der Waals surface area contributed by atoms with Crippen LogP contribution in [0.25, 0.3) is 0 Å². The Hall–Kier alpha value is -0.120. The van der Waals surface area contributed by atoms with Crippen molar-refractivity contribution < 1.29 is 5.11 Å². The van der Waals surface area contributed by atoms with Crippen LogP contribution < -0.4 is 5.32 Å². The van der Waals surface area contributed by atoms with E-state index in [2.05, 4.69) is 24.1 Å². The van der Waals surface area contributed by atoms with Crippen LogP contribution in [0.4, 0.5) is 0 Å². The Morgan fingerprint density at radius 1 is 1.73 bits per heavy atom. The Bertz CT molecular complexity index is 119. The van der Waals surface area contributed by atoms with Crippen LogP contribution in [0, 0.1) is 0 Å². The zero-order valence-corrected chi connectivity index (χ0v) is 7.38. The molecule has 0 aromatic rings. The normalized spacial score (nSPS) is 30.3. The van der Waals surface area contributed by atoms with E-state index in [1.165, 1.54) is 0 Å².